The Labute approximate surface area is 102 Å². The zero-order chi connectivity index (χ0) is 11.4. The molecule has 1 aromatic heterocycles. The molecule has 1 aliphatic rings. The van der Waals surface area contributed by atoms with Crippen LogP contribution in [0.15, 0.2) is 47.8 Å². The van der Waals surface area contributed by atoms with Crippen LogP contribution in [0.2, 0.25) is 0 Å². The Hall–Kier alpha value is -1.93. The summed E-state index contributed by atoms with van der Waals surface area (Å²) < 4.78 is 1.22. The van der Waals surface area contributed by atoms with Crippen LogP contribution < -0.4 is 0 Å². The maximum absolute atomic E-state index is 12.3. The topological polar surface area (TPSA) is 17.1 Å². The number of thiophene rings is 1. The summed E-state index contributed by atoms with van der Waals surface area (Å²) in [6.07, 6.45) is 0. The van der Waals surface area contributed by atoms with Crippen LogP contribution in [0, 0.1) is 0 Å². The number of rotatable bonds is 0. The molecule has 0 unspecified atom stereocenters. The van der Waals surface area contributed by atoms with Crippen LogP contribution in [0.5, 0.6) is 0 Å². The SMILES string of the molecule is O=C1c2ccccc2-c2c1ccc1ccsc21. The predicted molar refractivity (Wildman–Crippen MR) is 70.7 cm³/mol. The molecule has 1 nitrogen and oxygen atoms in total. The molecule has 17 heavy (non-hydrogen) atoms. The molecule has 0 saturated carbocycles. The third-order valence-electron chi connectivity index (χ3n) is 3.31. The summed E-state index contributed by atoms with van der Waals surface area (Å²) in [6, 6.07) is 14.0. The van der Waals surface area contributed by atoms with E-state index in [-0.39, 0.29) is 5.78 Å². The van der Waals surface area contributed by atoms with Crippen LogP contribution in [0.1, 0.15) is 15.9 Å². The van der Waals surface area contributed by atoms with Gasteiger partial charge in [0, 0.05) is 21.4 Å². The van der Waals surface area contributed by atoms with Crippen molar-refractivity contribution in [1.82, 2.24) is 0 Å². The van der Waals surface area contributed by atoms with E-state index in [1.165, 1.54) is 10.1 Å². The number of hydrogen-bond donors (Lipinski definition) is 0. The molecular formula is C15H8OS. The normalized spacial score (nSPS) is 12.8. The molecule has 0 aliphatic heterocycles. The average Bonchev–Trinajstić information content (AvgIpc) is 2.93. The maximum atomic E-state index is 12.3. The van der Waals surface area contributed by atoms with E-state index in [2.05, 4.69) is 11.4 Å². The Morgan fingerprint density at radius 2 is 1.65 bits per heavy atom. The lowest BCUT2D eigenvalue weighted by Crippen LogP contribution is -1.93. The van der Waals surface area contributed by atoms with Gasteiger partial charge in [0.1, 0.15) is 0 Å². The number of ketones is 1. The largest absolute Gasteiger partial charge is 0.289 e. The summed E-state index contributed by atoms with van der Waals surface area (Å²) in [5, 5.41) is 3.30. The van der Waals surface area contributed by atoms with Crippen LogP contribution in [-0.4, -0.2) is 5.78 Å². The molecule has 0 saturated heterocycles. The Morgan fingerprint density at radius 1 is 0.824 bits per heavy atom. The Kier molecular flexibility index (Phi) is 1.64. The zero-order valence-corrected chi connectivity index (χ0v) is 9.75. The van der Waals surface area contributed by atoms with Crippen molar-refractivity contribution >= 4 is 27.2 Å². The van der Waals surface area contributed by atoms with Crippen molar-refractivity contribution in [2.75, 3.05) is 0 Å². The Morgan fingerprint density at radius 3 is 2.53 bits per heavy atom. The van der Waals surface area contributed by atoms with Gasteiger partial charge in [-0.25, -0.2) is 0 Å². The second kappa shape index (κ2) is 3.05. The smallest absolute Gasteiger partial charge is 0.194 e. The van der Waals surface area contributed by atoms with E-state index in [1.807, 2.05) is 36.4 Å². The summed E-state index contributed by atoms with van der Waals surface area (Å²) in [6.45, 7) is 0. The molecule has 2 heteroatoms. The minimum Gasteiger partial charge on any atom is -0.289 e. The fourth-order valence-corrected chi connectivity index (χ4v) is 3.49. The summed E-state index contributed by atoms with van der Waals surface area (Å²) in [5.41, 5.74) is 3.89. The number of carbonyl (C=O) groups is 1. The fraction of sp³-hybridized carbons (Fsp3) is 0. The lowest BCUT2D eigenvalue weighted by atomic mass is 10.0. The van der Waals surface area contributed by atoms with Crippen molar-refractivity contribution < 1.29 is 4.79 Å². The molecule has 0 radical (unpaired) electrons. The minimum atomic E-state index is 0.158. The summed E-state index contributed by atoms with van der Waals surface area (Å²) >= 11 is 1.71. The van der Waals surface area contributed by atoms with Crippen LogP contribution in [0.3, 0.4) is 0 Å². The van der Waals surface area contributed by atoms with Crippen molar-refractivity contribution in [2.24, 2.45) is 0 Å². The number of hydrogen-bond acceptors (Lipinski definition) is 2. The lowest BCUT2D eigenvalue weighted by molar-refractivity contribution is 0.104. The molecule has 2 aromatic carbocycles. The van der Waals surface area contributed by atoms with Crippen LogP contribution in [0.25, 0.3) is 21.2 Å². The number of fused-ring (bicyclic) bond motifs is 5. The second-order valence-electron chi connectivity index (χ2n) is 4.20. The van der Waals surface area contributed by atoms with Crippen LogP contribution in [-0.2, 0) is 0 Å². The highest BCUT2D eigenvalue weighted by atomic mass is 32.1. The van der Waals surface area contributed by atoms with Crippen molar-refractivity contribution in [2.45, 2.75) is 0 Å². The number of benzene rings is 2. The van der Waals surface area contributed by atoms with Gasteiger partial charge in [0.05, 0.1) is 0 Å². The summed E-state index contributed by atoms with van der Waals surface area (Å²) in [5.74, 6) is 0.158. The van der Waals surface area contributed by atoms with Gasteiger partial charge in [-0.15, -0.1) is 11.3 Å². The van der Waals surface area contributed by atoms with Gasteiger partial charge in [-0.3, -0.25) is 4.79 Å². The van der Waals surface area contributed by atoms with E-state index in [9.17, 15) is 4.79 Å². The molecule has 0 N–H and O–H groups in total. The Balaban J connectivity index is 2.24. The standard InChI is InChI=1S/C15H8OS/c16-14-11-4-2-1-3-10(11)13-12(14)6-5-9-7-8-17-15(9)13/h1-8H. The van der Waals surface area contributed by atoms with Gasteiger partial charge in [0.2, 0.25) is 0 Å². The van der Waals surface area contributed by atoms with E-state index in [0.717, 1.165) is 22.3 Å². The first kappa shape index (κ1) is 9.14. The molecule has 0 fully saturated rings. The van der Waals surface area contributed by atoms with Crippen molar-refractivity contribution in [3.63, 3.8) is 0 Å². The molecule has 80 valence electrons. The van der Waals surface area contributed by atoms with Gasteiger partial charge in [-0.2, -0.15) is 0 Å². The van der Waals surface area contributed by atoms with E-state index < -0.39 is 0 Å². The van der Waals surface area contributed by atoms with Crippen LogP contribution >= 0.6 is 11.3 Å². The molecule has 0 atom stereocenters. The predicted octanol–water partition coefficient (Wildman–Crippen LogP) is 4.11. The monoisotopic (exact) mass is 236 g/mol. The van der Waals surface area contributed by atoms with Gasteiger partial charge < -0.3 is 0 Å². The first-order chi connectivity index (χ1) is 8.36. The third-order valence-corrected chi connectivity index (χ3v) is 4.25. The van der Waals surface area contributed by atoms with Gasteiger partial charge in [-0.1, -0.05) is 30.3 Å². The molecule has 1 heterocycles. The minimum absolute atomic E-state index is 0.158. The molecular weight excluding hydrogens is 228 g/mol. The van der Waals surface area contributed by atoms with E-state index >= 15 is 0 Å². The maximum Gasteiger partial charge on any atom is 0.194 e. The van der Waals surface area contributed by atoms with E-state index in [0.29, 0.717) is 0 Å². The Bertz CT molecular complexity index is 767. The molecule has 4 rings (SSSR count). The highest BCUT2D eigenvalue weighted by Gasteiger charge is 2.27. The van der Waals surface area contributed by atoms with Gasteiger partial charge in [0.25, 0.3) is 0 Å². The highest BCUT2D eigenvalue weighted by molar-refractivity contribution is 7.17. The van der Waals surface area contributed by atoms with Crippen LogP contribution in [0.4, 0.5) is 0 Å². The number of carbonyl (C=O) groups excluding carboxylic acids is 1. The van der Waals surface area contributed by atoms with Gasteiger partial charge in [-0.05, 0) is 28.5 Å². The molecule has 0 amide bonds. The van der Waals surface area contributed by atoms with E-state index in [4.69, 9.17) is 0 Å². The highest BCUT2D eigenvalue weighted by Crippen LogP contribution is 2.42. The second-order valence-corrected chi connectivity index (χ2v) is 5.12. The zero-order valence-electron chi connectivity index (χ0n) is 8.94. The first-order valence-electron chi connectivity index (χ1n) is 5.50. The average molecular weight is 236 g/mol. The van der Waals surface area contributed by atoms with E-state index in [1.54, 1.807) is 11.3 Å². The summed E-state index contributed by atoms with van der Waals surface area (Å²) in [7, 11) is 0. The van der Waals surface area contributed by atoms with Gasteiger partial charge in [0.15, 0.2) is 5.78 Å². The molecule has 3 aromatic rings. The molecule has 1 aliphatic carbocycles. The third kappa shape index (κ3) is 1.06. The van der Waals surface area contributed by atoms with Crippen molar-refractivity contribution in [1.29, 1.82) is 0 Å². The van der Waals surface area contributed by atoms with Gasteiger partial charge >= 0.3 is 0 Å². The van der Waals surface area contributed by atoms with Crippen molar-refractivity contribution in [3.05, 3.63) is 59.0 Å². The molecule has 0 bridgehead atoms. The van der Waals surface area contributed by atoms with Crippen molar-refractivity contribution in [3.8, 4) is 11.1 Å². The first-order valence-corrected chi connectivity index (χ1v) is 6.38. The fourth-order valence-electron chi connectivity index (χ4n) is 2.53. The molecule has 0 spiro atoms. The quantitative estimate of drug-likeness (QED) is 0.449. The summed E-state index contributed by atoms with van der Waals surface area (Å²) in [4.78, 5) is 12.3. The lowest BCUT2D eigenvalue weighted by Gasteiger charge is -2.00.